The summed E-state index contributed by atoms with van der Waals surface area (Å²) in [6.45, 7) is 0.892. The van der Waals surface area contributed by atoms with E-state index in [4.69, 9.17) is 0 Å². The predicted molar refractivity (Wildman–Crippen MR) is 77.2 cm³/mol. The summed E-state index contributed by atoms with van der Waals surface area (Å²) in [5, 5.41) is 3.31. The number of allylic oxidation sites excluding steroid dienone is 1. The Labute approximate surface area is 109 Å². The van der Waals surface area contributed by atoms with Crippen LogP contribution in [0.2, 0.25) is 0 Å². The molecular weight excluding hydrogens is 218 g/mol. The number of nitrogens with one attached hydrogen (secondary N) is 1. The maximum Gasteiger partial charge on any atom is 0.0395 e. The Bertz CT molecular complexity index is 414. The van der Waals surface area contributed by atoms with Gasteiger partial charge < -0.3 is 5.32 Å². The van der Waals surface area contributed by atoms with Crippen molar-refractivity contribution in [3.05, 3.63) is 84.1 Å². The van der Waals surface area contributed by atoms with Gasteiger partial charge in [0.1, 0.15) is 0 Å². The summed E-state index contributed by atoms with van der Waals surface area (Å²) >= 11 is 0. The van der Waals surface area contributed by atoms with E-state index >= 15 is 0 Å². The van der Waals surface area contributed by atoms with Gasteiger partial charge in [-0.3, -0.25) is 0 Å². The third kappa shape index (κ3) is 4.46. The molecule has 0 saturated carbocycles. The van der Waals surface area contributed by atoms with Gasteiger partial charge in [-0.15, -0.1) is 0 Å². The molecule has 1 N–H and O–H groups in total. The van der Waals surface area contributed by atoms with Gasteiger partial charge in [-0.25, -0.2) is 0 Å². The Morgan fingerprint density at radius 1 is 0.778 bits per heavy atom. The van der Waals surface area contributed by atoms with E-state index in [1.54, 1.807) is 0 Å². The Morgan fingerprint density at radius 3 is 2.06 bits per heavy atom. The summed E-state index contributed by atoms with van der Waals surface area (Å²) in [4.78, 5) is 0. The first kappa shape index (κ1) is 12.4. The molecule has 0 aliphatic rings. The van der Waals surface area contributed by atoms with Crippen LogP contribution in [0.3, 0.4) is 0 Å². The lowest BCUT2D eigenvalue weighted by Gasteiger charge is -2.00. The van der Waals surface area contributed by atoms with Gasteiger partial charge in [-0.2, -0.15) is 0 Å². The van der Waals surface area contributed by atoms with Crippen molar-refractivity contribution in [2.45, 2.75) is 19.4 Å². The molecule has 0 aromatic heterocycles. The highest BCUT2D eigenvalue weighted by Gasteiger charge is 1.88. The summed E-state index contributed by atoms with van der Waals surface area (Å²) < 4.78 is 0. The number of rotatable bonds is 6. The van der Waals surface area contributed by atoms with E-state index < -0.39 is 0 Å². The van der Waals surface area contributed by atoms with Crippen molar-refractivity contribution in [1.29, 1.82) is 0 Å². The second-order valence-electron chi connectivity index (χ2n) is 4.29. The van der Waals surface area contributed by atoms with Gasteiger partial charge in [0.25, 0.3) is 0 Å². The van der Waals surface area contributed by atoms with E-state index in [0.717, 1.165) is 19.4 Å². The maximum absolute atomic E-state index is 3.31. The van der Waals surface area contributed by atoms with Gasteiger partial charge in [-0.1, -0.05) is 66.7 Å². The molecule has 0 aliphatic carbocycles. The molecule has 0 aliphatic heterocycles. The van der Waals surface area contributed by atoms with Gasteiger partial charge in [0.05, 0.1) is 0 Å². The van der Waals surface area contributed by atoms with Gasteiger partial charge in [0, 0.05) is 6.54 Å². The minimum atomic E-state index is 0.892. The highest BCUT2D eigenvalue weighted by molar-refractivity contribution is 5.16. The van der Waals surface area contributed by atoms with E-state index in [2.05, 4.69) is 72.2 Å². The van der Waals surface area contributed by atoms with E-state index in [-0.39, 0.29) is 0 Å². The Balaban J connectivity index is 1.64. The van der Waals surface area contributed by atoms with E-state index in [1.165, 1.54) is 11.1 Å². The highest BCUT2D eigenvalue weighted by atomic mass is 14.8. The summed E-state index contributed by atoms with van der Waals surface area (Å²) in [6.07, 6.45) is 6.42. The first-order valence-corrected chi connectivity index (χ1v) is 6.41. The van der Waals surface area contributed by atoms with Gasteiger partial charge in [0.15, 0.2) is 0 Å². The maximum atomic E-state index is 3.31. The fourth-order valence-electron chi connectivity index (χ4n) is 1.83. The zero-order chi connectivity index (χ0) is 12.5. The van der Waals surface area contributed by atoms with E-state index in [9.17, 15) is 0 Å². The van der Waals surface area contributed by atoms with Crippen molar-refractivity contribution in [3.63, 3.8) is 0 Å². The SMILES string of the molecule is C(=C\NCc1ccccc1)/CCc1ccccc1. The summed E-state index contributed by atoms with van der Waals surface area (Å²) in [5.41, 5.74) is 2.70. The smallest absolute Gasteiger partial charge is 0.0395 e. The van der Waals surface area contributed by atoms with Crippen LogP contribution in [-0.4, -0.2) is 0 Å². The number of benzene rings is 2. The molecule has 1 nitrogen and oxygen atoms in total. The van der Waals surface area contributed by atoms with Crippen LogP contribution in [0.5, 0.6) is 0 Å². The predicted octanol–water partition coefficient (Wildman–Crippen LogP) is 3.92. The van der Waals surface area contributed by atoms with E-state index in [0.29, 0.717) is 0 Å². The molecule has 2 aromatic rings. The molecule has 0 unspecified atom stereocenters. The van der Waals surface area contributed by atoms with Crippen LogP contribution in [0, 0.1) is 0 Å². The van der Waals surface area contributed by atoms with Gasteiger partial charge in [0.2, 0.25) is 0 Å². The number of hydrogen-bond acceptors (Lipinski definition) is 1. The molecule has 0 radical (unpaired) electrons. The monoisotopic (exact) mass is 237 g/mol. The minimum absolute atomic E-state index is 0.892. The van der Waals surface area contributed by atoms with Crippen molar-refractivity contribution in [2.24, 2.45) is 0 Å². The highest BCUT2D eigenvalue weighted by Crippen LogP contribution is 2.02. The number of aryl methyl sites for hydroxylation is 1. The molecule has 0 spiro atoms. The van der Waals surface area contributed by atoms with Crippen LogP contribution in [0.15, 0.2) is 72.9 Å². The fourth-order valence-corrected chi connectivity index (χ4v) is 1.83. The van der Waals surface area contributed by atoms with Crippen molar-refractivity contribution in [1.82, 2.24) is 5.32 Å². The third-order valence-electron chi connectivity index (χ3n) is 2.83. The van der Waals surface area contributed by atoms with Crippen LogP contribution in [-0.2, 0) is 13.0 Å². The molecule has 0 bridgehead atoms. The molecular formula is C17H19N. The topological polar surface area (TPSA) is 12.0 Å². The zero-order valence-corrected chi connectivity index (χ0v) is 10.5. The van der Waals surface area contributed by atoms with Crippen molar-refractivity contribution < 1.29 is 0 Å². The fraction of sp³-hybridized carbons (Fsp3) is 0.176. The normalized spacial score (nSPS) is 10.7. The molecule has 0 atom stereocenters. The van der Waals surface area contributed by atoms with Crippen LogP contribution in [0.25, 0.3) is 0 Å². The zero-order valence-electron chi connectivity index (χ0n) is 10.5. The second-order valence-corrected chi connectivity index (χ2v) is 4.29. The summed E-state index contributed by atoms with van der Waals surface area (Å²) in [6, 6.07) is 21.0. The third-order valence-corrected chi connectivity index (χ3v) is 2.83. The Kier molecular flexibility index (Phi) is 5.07. The molecule has 2 rings (SSSR count). The number of hydrogen-bond donors (Lipinski definition) is 1. The van der Waals surface area contributed by atoms with Gasteiger partial charge in [-0.05, 0) is 30.2 Å². The minimum Gasteiger partial charge on any atom is -0.387 e. The van der Waals surface area contributed by atoms with Crippen LogP contribution in [0.1, 0.15) is 17.5 Å². The average Bonchev–Trinajstić information content (AvgIpc) is 2.45. The Morgan fingerprint density at radius 2 is 1.39 bits per heavy atom. The standard InChI is InChI=1S/C17H19N/c1-3-9-16(10-4-1)11-7-8-14-18-15-17-12-5-2-6-13-17/h1-6,8-10,12-14,18H,7,11,15H2/b14-8+. The molecule has 18 heavy (non-hydrogen) atoms. The first-order valence-electron chi connectivity index (χ1n) is 6.41. The lowest BCUT2D eigenvalue weighted by atomic mass is 10.1. The van der Waals surface area contributed by atoms with Crippen molar-refractivity contribution >= 4 is 0 Å². The molecule has 0 saturated heterocycles. The quantitative estimate of drug-likeness (QED) is 0.803. The summed E-state index contributed by atoms with van der Waals surface area (Å²) in [5.74, 6) is 0. The van der Waals surface area contributed by atoms with Crippen LogP contribution < -0.4 is 5.32 Å². The molecule has 2 aromatic carbocycles. The molecule has 0 fully saturated rings. The molecule has 92 valence electrons. The molecule has 1 heteroatoms. The molecule has 0 heterocycles. The van der Waals surface area contributed by atoms with Crippen LogP contribution in [0.4, 0.5) is 0 Å². The lowest BCUT2D eigenvalue weighted by Crippen LogP contribution is -2.03. The second kappa shape index (κ2) is 7.33. The largest absolute Gasteiger partial charge is 0.387 e. The Hall–Kier alpha value is -2.02. The van der Waals surface area contributed by atoms with E-state index in [1.807, 2.05) is 6.07 Å². The van der Waals surface area contributed by atoms with Crippen LogP contribution >= 0.6 is 0 Å². The molecule has 0 amide bonds. The summed E-state index contributed by atoms with van der Waals surface area (Å²) in [7, 11) is 0. The van der Waals surface area contributed by atoms with Gasteiger partial charge >= 0.3 is 0 Å². The average molecular weight is 237 g/mol. The van der Waals surface area contributed by atoms with Crippen molar-refractivity contribution in [3.8, 4) is 0 Å². The lowest BCUT2D eigenvalue weighted by molar-refractivity contribution is 0.858. The first-order chi connectivity index (χ1) is 8.95. The van der Waals surface area contributed by atoms with Crippen molar-refractivity contribution in [2.75, 3.05) is 0 Å².